The van der Waals surface area contributed by atoms with Crippen LogP contribution < -0.4 is 5.32 Å². The summed E-state index contributed by atoms with van der Waals surface area (Å²) in [6.45, 7) is 8.67. The number of rotatable bonds is 9. The lowest BCUT2D eigenvalue weighted by Crippen LogP contribution is -2.50. The molecule has 2 unspecified atom stereocenters. The molecule has 2 atom stereocenters. The topological polar surface area (TPSA) is 50.7 Å². The van der Waals surface area contributed by atoms with Crippen LogP contribution in [-0.4, -0.2) is 49.2 Å². The van der Waals surface area contributed by atoms with Crippen molar-refractivity contribution in [3.8, 4) is 0 Å². The average molecular weight is 259 g/mol. The second kappa shape index (κ2) is 8.10. The van der Waals surface area contributed by atoms with Crippen molar-refractivity contribution >= 4 is 0 Å². The third-order valence-electron chi connectivity index (χ3n) is 3.39. The summed E-state index contributed by atoms with van der Waals surface area (Å²) in [7, 11) is 0. The number of hydrogen-bond acceptors (Lipinski definition) is 4. The molecule has 1 rings (SSSR count). The first-order valence-corrected chi connectivity index (χ1v) is 7.20. The van der Waals surface area contributed by atoms with Crippen LogP contribution in [0.25, 0.3) is 0 Å². The lowest BCUT2D eigenvalue weighted by atomic mass is 9.97. The Labute approximate surface area is 111 Å². The molecular formula is C14H29NO3. The predicted octanol–water partition coefficient (Wildman–Crippen LogP) is 1.71. The maximum absolute atomic E-state index is 9.58. The molecule has 1 aliphatic carbocycles. The first-order chi connectivity index (χ1) is 8.62. The number of aliphatic hydroxyl groups excluding tert-OH is 1. The van der Waals surface area contributed by atoms with E-state index in [1.54, 1.807) is 0 Å². The molecule has 18 heavy (non-hydrogen) atoms. The van der Waals surface area contributed by atoms with Gasteiger partial charge in [-0.1, -0.05) is 20.8 Å². The largest absolute Gasteiger partial charge is 0.394 e. The lowest BCUT2D eigenvalue weighted by molar-refractivity contribution is 0.00243. The Kier molecular flexibility index (Phi) is 7.15. The molecule has 0 bridgehead atoms. The summed E-state index contributed by atoms with van der Waals surface area (Å²) in [5.74, 6) is 0. The predicted molar refractivity (Wildman–Crippen MR) is 72.8 cm³/mol. The van der Waals surface area contributed by atoms with Crippen LogP contribution in [0.4, 0.5) is 0 Å². The summed E-state index contributed by atoms with van der Waals surface area (Å²) in [4.78, 5) is 0. The highest BCUT2D eigenvalue weighted by Crippen LogP contribution is 2.32. The molecule has 0 aliphatic heterocycles. The van der Waals surface area contributed by atoms with Gasteiger partial charge in [0.2, 0.25) is 0 Å². The maximum Gasteiger partial charge on any atom is 0.0704 e. The third kappa shape index (κ3) is 5.22. The quantitative estimate of drug-likeness (QED) is 0.619. The van der Waals surface area contributed by atoms with E-state index in [1.165, 1.54) is 0 Å². The summed E-state index contributed by atoms with van der Waals surface area (Å²) in [6.07, 6.45) is 4.22. The monoisotopic (exact) mass is 259 g/mol. The van der Waals surface area contributed by atoms with Crippen molar-refractivity contribution in [2.24, 2.45) is 0 Å². The molecule has 0 saturated heterocycles. The van der Waals surface area contributed by atoms with Gasteiger partial charge in [-0.05, 0) is 25.7 Å². The zero-order valence-electron chi connectivity index (χ0n) is 12.1. The van der Waals surface area contributed by atoms with Crippen LogP contribution in [0.3, 0.4) is 0 Å². The second-order valence-electron chi connectivity index (χ2n) is 5.59. The van der Waals surface area contributed by atoms with Crippen molar-refractivity contribution in [3.05, 3.63) is 0 Å². The van der Waals surface area contributed by atoms with Gasteiger partial charge < -0.3 is 19.9 Å². The minimum atomic E-state index is -0.136. The van der Waals surface area contributed by atoms with Gasteiger partial charge in [0, 0.05) is 18.2 Å². The Morgan fingerprint density at radius 3 is 2.72 bits per heavy atom. The zero-order valence-corrected chi connectivity index (χ0v) is 12.1. The van der Waals surface area contributed by atoms with Crippen LogP contribution in [0.1, 0.15) is 46.5 Å². The highest BCUT2D eigenvalue weighted by molar-refractivity contribution is 4.97. The van der Waals surface area contributed by atoms with Gasteiger partial charge in [-0.25, -0.2) is 0 Å². The van der Waals surface area contributed by atoms with Crippen molar-refractivity contribution in [3.63, 3.8) is 0 Å². The van der Waals surface area contributed by atoms with Crippen molar-refractivity contribution in [2.75, 3.05) is 26.4 Å². The van der Waals surface area contributed by atoms with E-state index in [-0.39, 0.29) is 18.2 Å². The van der Waals surface area contributed by atoms with Crippen LogP contribution >= 0.6 is 0 Å². The Bertz CT molecular complexity index is 223. The van der Waals surface area contributed by atoms with E-state index in [2.05, 4.69) is 26.1 Å². The van der Waals surface area contributed by atoms with Gasteiger partial charge in [-0.15, -0.1) is 0 Å². The summed E-state index contributed by atoms with van der Waals surface area (Å²) in [6, 6.07) is 0.392. The van der Waals surface area contributed by atoms with E-state index in [4.69, 9.17) is 9.47 Å². The van der Waals surface area contributed by atoms with Crippen LogP contribution in [0.2, 0.25) is 0 Å². The fourth-order valence-corrected chi connectivity index (χ4v) is 2.67. The summed E-state index contributed by atoms with van der Waals surface area (Å²) < 4.78 is 11.2. The van der Waals surface area contributed by atoms with Crippen molar-refractivity contribution < 1.29 is 14.6 Å². The van der Waals surface area contributed by atoms with Gasteiger partial charge in [0.1, 0.15) is 0 Å². The van der Waals surface area contributed by atoms with Gasteiger partial charge in [-0.3, -0.25) is 0 Å². The van der Waals surface area contributed by atoms with Crippen molar-refractivity contribution in [1.29, 1.82) is 0 Å². The van der Waals surface area contributed by atoms with Gasteiger partial charge in [-0.2, -0.15) is 0 Å². The SMILES string of the molecule is CCCOCCOC1CCC(CO)(NC(C)C)C1. The molecule has 0 heterocycles. The summed E-state index contributed by atoms with van der Waals surface area (Å²) in [5, 5.41) is 13.1. The minimum Gasteiger partial charge on any atom is -0.394 e. The summed E-state index contributed by atoms with van der Waals surface area (Å²) in [5.41, 5.74) is -0.136. The van der Waals surface area contributed by atoms with Gasteiger partial charge in [0.05, 0.1) is 25.9 Å². The van der Waals surface area contributed by atoms with Crippen LogP contribution in [0, 0.1) is 0 Å². The smallest absolute Gasteiger partial charge is 0.0704 e. The van der Waals surface area contributed by atoms with E-state index in [0.717, 1.165) is 32.3 Å². The molecule has 108 valence electrons. The minimum absolute atomic E-state index is 0.136. The molecule has 1 aliphatic rings. The maximum atomic E-state index is 9.58. The van der Waals surface area contributed by atoms with Crippen molar-refractivity contribution in [2.45, 2.75) is 64.1 Å². The van der Waals surface area contributed by atoms with E-state index >= 15 is 0 Å². The third-order valence-corrected chi connectivity index (χ3v) is 3.39. The number of nitrogens with one attached hydrogen (secondary N) is 1. The molecule has 0 spiro atoms. The first kappa shape index (κ1) is 15.9. The van der Waals surface area contributed by atoms with E-state index in [9.17, 15) is 5.11 Å². The normalized spacial score (nSPS) is 28.2. The highest BCUT2D eigenvalue weighted by Gasteiger charge is 2.39. The first-order valence-electron chi connectivity index (χ1n) is 7.20. The van der Waals surface area contributed by atoms with Crippen LogP contribution in [-0.2, 0) is 9.47 Å². The molecule has 1 saturated carbocycles. The molecule has 0 amide bonds. The zero-order chi connectivity index (χ0) is 13.4. The molecule has 0 aromatic rings. The van der Waals surface area contributed by atoms with Gasteiger partial charge >= 0.3 is 0 Å². The molecular weight excluding hydrogens is 230 g/mol. The Morgan fingerprint density at radius 1 is 1.33 bits per heavy atom. The molecule has 4 nitrogen and oxygen atoms in total. The van der Waals surface area contributed by atoms with Crippen molar-refractivity contribution in [1.82, 2.24) is 5.32 Å². The van der Waals surface area contributed by atoms with Gasteiger partial charge in [0.25, 0.3) is 0 Å². The molecule has 0 radical (unpaired) electrons. The second-order valence-corrected chi connectivity index (χ2v) is 5.59. The van der Waals surface area contributed by atoms with E-state index in [0.29, 0.717) is 19.3 Å². The molecule has 4 heteroatoms. The lowest BCUT2D eigenvalue weighted by Gasteiger charge is -2.31. The van der Waals surface area contributed by atoms with Gasteiger partial charge in [0.15, 0.2) is 0 Å². The highest BCUT2D eigenvalue weighted by atomic mass is 16.5. The van der Waals surface area contributed by atoms with E-state index in [1.807, 2.05) is 0 Å². The Morgan fingerprint density at radius 2 is 2.11 bits per heavy atom. The van der Waals surface area contributed by atoms with Crippen LogP contribution in [0.15, 0.2) is 0 Å². The molecule has 1 fully saturated rings. The number of hydrogen-bond donors (Lipinski definition) is 2. The average Bonchev–Trinajstić information content (AvgIpc) is 2.72. The Balaban J connectivity index is 2.22. The summed E-state index contributed by atoms with van der Waals surface area (Å²) >= 11 is 0. The molecule has 0 aromatic carbocycles. The molecule has 0 aromatic heterocycles. The van der Waals surface area contributed by atoms with E-state index < -0.39 is 0 Å². The number of aliphatic hydroxyl groups is 1. The fourth-order valence-electron chi connectivity index (χ4n) is 2.67. The fraction of sp³-hybridized carbons (Fsp3) is 1.00. The van der Waals surface area contributed by atoms with Crippen LogP contribution in [0.5, 0.6) is 0 Å². The molecule has 2 N–H and O–H groups in total. The standard InChI is InChI=1S/C14H29NO3/c1-4-7-17-8-9-18-13-5-6-14(10-13,11-16)15-12(2)3/h12-13,15-16H,4-11H2,1-3H3. The number of ether oxygens (including phenoxy) is 2. The Hall–Kier alpha value is -0.160.